The number of nitrogens with zero attached hydrogens (tertiary/aromatic N) is 2. The molecule has 0 atom stereocenters. The Balaban J connectivity index is 2.01. The highest BCUT2D eigenvalue weighted by molar-refractivity contribution is 7.02. The van der Waals surface area contributed by atoms with Crippen molar-refractivity contribution in [1.29, 1.82) is 0 Å². The Bertz CT molecular complexity index is 1020. The fourth-order valence-corrected chi connectivity index (χ4v) is 7.81. The van der Waals surface area contributed by atoms with E-state index in [1.807, 2.05) is 0 Å². The first kappa shape index (κ1) is 20.0. The third kappa shape index (κ3) is 3.23. The van der Waals surface area contributed by atoms with Crippen molar-refractivity contribution in [2.45, 2.75) is 38.8 Å². The number of hydrogen-bond donors (Lipinski definition) is 0. The Kier molecular flexibility index (Phi) is 4.94. The summed E-state index contributed by atoms with van der Waals surface area (Å²) in [5.41, 5.74) is 6.80. The van der Waals surface area contributed by atoms with Gasteiger partial charge in [0.05, 0.1) is 0 Å². The number of benzene rings is 2. The molecule has 1 aliphatic carbocycles. The molecule has 3 nitrogen and oxygen atoms in total. The fourth-order valence-electron chi connectivity index (χ4n) is 4.76. The predicted molar refractivity (Wildman–Crippen MR) is 128 cm³/mol. The molecule has 0 saturated carbocycles. The van der Waals surface area contributed by atoms with Crippen molar-refractivity contribution in [3.63, 3.8) is 0 Å². The van der Waals surface area contributed by atoms with Gasteiger partial charge < -0.3 is 9.80 Å². The predicted octanol–water partition coefficient (Wildman–Crippen LogP) is 4.14. The minimum atomic E-state index is -2.02. The molecule has 4 rings (SSSR count). The van der Waals surface area contributed by atoms with E-state index in [1.54, 1.807) is 0 Å². The monoisotopic (exact) mass is 404 g/mol. The van der Waals surface area contributed by atoms with Crippen molar-refractivity contribution in [2.75, 3.05) is 38.0 Å². The number of fused-ring (bicyclic) bond motifs is 2. The lowest BCUT2D eigenvalue weighted by atomic mass is 9.87. The summed E-state index contributed by atoms with van der Waals surface area (Å²) in [6.45, 7) is 4.80. The van der Waals surface area contributed by atoms with Crippen LogP contribution in [0.15, 0.2) is 36.4 Å². The van der Waals surface area contributed by atoms with Crippen LogP contribution in [0.1, 0.15) is 47.2 Å². The van der Waals surface area contributed by atoms with Crippen molar-refractivity contribution in [2.24, 2.45) is 0 Å². The van der Waals surface area contributed by atoms with Crippen LogP contribution in [0.3, 0.4) is 0 Å². The van der Waals surface area contributed by atoms with Crippen LogP contribution in [0.5, 0.6) is 0 Å². The largest absolute Gasteiger partial charge is 0.378 e. The van der Waals surface area contributed by atoms with E-state index in [9.17, 15) is 4.79 Å². The molecule has 0 unspecified atom stereocenters. The Labute approximate surface area is 176 Å². The third-order valence-electron chi connectivity index (χ3n) is 6.61. The smallest absolute Gasteiger partial charge is 0.188 e. The van der Waals surface area contributed by atoms with E-state index in [0.29, 0.717) is 0 Å². The van der Waals surface area contributed by atoms with Gasteiger partial charge in [0, 0.05) is 39.6 Å². The number of hydrogen-bond acceptors (Lipinski definition) is 3. The van der Waals surface area contributed by atoms with Gasteiger partial charge in [-0.1, -0.05) is 32.3 Å². The highest BCUT2D eigenvalue weighted by Gasteiger charge is 2.32. The molecule has 29 heavy (non-hydrogen) atoms. The van der Waals surface area contributed by atoms with Gasteiger partial charge in [-0.05, 0) is 60.1 Å². The number of ketones is 1. The molecule has 2 aromatic rings. The van der Waals surface area contributed by atoms with Crippen LogP contribution in [-0.2, 0) is 0 Å². The highest BCUT2D eigenvalue weighted by atomic mass is 28.3. The van der Waals surface area contributed by atoms with Crippen LogP contribution in [0.2, 0.25) is 13.1 Å². The highest BCUT2D eigenvalue weighted by Crippen LogP contribution is 2.35. The lowest BCUT2D eigenvalue weighted by Crippen LogP contribution is -2.60. The number of carbonyl (C=O) groups is 1. The summed E-state index contributed by atoms with van der Waals surface area (Å²) in [5, 5.41) is 2.55. The van der Waals surface area contributed by atoms with Crippen molar-refractivity contribution in [1.82, 2.24) is 0 Å². The van der Waals surface area contributed by atoms with E-state index in [0.717, 1.165) is 24.0 Å². The van der Waals surface area contributed by atoms with Gasteiger partial charge in [-0.3, -0.25) is 4.79 Å². The third-order valence-corrected chi connectivity index (χ3v) is 10.1. The zero-order valence-corrected chi connectivity index (χ0v) is 19.6. The van der Waals surface area contributed by atoms with Gasteiger partial charge in [0.15, 0.2) is 5.78 Å². The molecule has 0 saturated heterocycles. The molecule has 1 aliphatic heterocycles. The van der Waals surface area contributed by atoms with Gasteiger partial charge in [0.25, 0.3) is 0 Å². The molecule has 2 aromatic carbocycles. The Morgan fingerprint density at radius 2 is 1.52 bits per heavy atom. The van der Waals surface area contributed by atoms with E-state index in [1.165, 1.54) is 45.7 Å². The van der Waals surface area contributed by atoms with Gasteiger partial charge >= 0.3 is 0 Å². The average molecular weight is 405 g/mol. The summed E-state index contributed by atoms with van der Waals surface area (Å²) in [7, 11) is 6.29. The van der Waals surface area contributed by atoms with Gasteiger partial charge in [-0.15, -0.1) is 0 Å². The summed E-state index contributed by atoms with van der Waals surface area (Å²) >= 11 is 0. The van der Waals surface area contributed by atoms with Crippen molar-refractivity contribution < 1.29 is 4.79 Å². The molecule has 153 valence electrons. The SMILES string of the molecule is CN(C)c1ccc2c(c1)[Si-](C)(C)c1cc(N(C)C)cc(C3=CCCCC3)c1C2=O. The Morgan fingerprint density at radius 3 is 2.14 bits per heavy atom. The van der Waals surface area contributed by atoms with Crippen LogP contribution in [0.25, 0.3) is 5.57 Å². The van der Waals surface area contributed by atoms with Crippen LogP contribution >= 0.6 is 0 Å². The molecule has 0 amide bonds. The fraction of sp³-hybridized carbons (Fsp3) is 0.400. The summed E-state index contributed by atoms with van der Waals surface area (Å²) < 4.78 is 0. The molecule has 0 fully saturated rings. The van der Waals surface area contributed by atoms with Crippen LogP contribution in [0, 0.1) is 0 Å². The lowest BCUT2D eigenvalue weighted by molar-refractivity contribution is 0.103. The Hall–Kier alpha value is -2.33. The van der Waals surface area contributed by atoms with E-state index in [2.05, 4.69) is 87.5 Å². The van der Waals surface area contributed by atoms with Crippen molar-refractivity contribution >= 4 is 41.2 Å². The summed E-state index contributed by atoms with van der Waals surface area (Å²) in [4.78, 5) is 18.1. The van der Waals surface area contributed by atoms with Gasteiger partial charge in [0.1, 0.15) is 0 Å². The number of anilines is 2. The summed E-state index contributed by atoms with van der Waals surface area (Å²) in [6, 6.07) is 10.9. The number of rotatable bonds is 3. The van der Waals surface area contributed by atoms with E-state index < -0.39 is 8.07 Å². The second kappa shape index (κ2) is 7.17. The lowest BCUT2D eigenvalue weighted by Gasteiger charge is -2.45. The first-order valence-electron chi connectivity index (χ1n) is 10.6. The van der Waals surface area contributed by atoms with E-state index in [4.69, 9.17) is 0 Å². The standard InChI is InChI=1S/C25H32N2OSi/c1-26(2)18-12-13-20-22(15-18)29(5,6)23-16-19(27(3)4)14-21(24(23)25(20)28)17-10-8-7-9-11-17/h10,12-16H,7-9,11H2,1-6H3/q-1. The normalized spacial score (nSPS) is 17.3. The van der Waals surface area contributed by atoms with E-state index in [-0.39, 0.29) is 5.78 Å². The van der Waals surface area contributed by atoms with Crippen LogP contribution in [0.4, 0.5) is 11.4 Å². The van der Waals surface area contributed by atoms with Crippen molar-refractivity contribution in [3.8, 4) is 0 Å². The minimum Gasteiger partial charge on any atom is -0.378 e. The van der Waals surface area contributed by atoms with Gasteiger partial charge in [-0.25, -0.2) is 0 Å². The molecule has 2 aliphatic rings. The quantitative estimate of drug-likeness (QED) is 0.718. The van der Waals surface area contributed by atoms with Crippen LogP contribution in [-0.4, -0.2) is 42.0 Å². The first-order chi connectivity index (χ1) is 13.7. The zero-order chi connectivity index (χ0) is 20.9. The molecule has 0 N–H and O–H groups in total. The molecule has 0 radical (unpaired) electrons. The van der Waals surface area contributed by atoms with Crippen molar-refractivity contribution in [3.05, 3.63) is 53.1 Å². The first-order valence-corrected chi connectivity index (χ1v) is 13.6. The maximum atomic E-state index is 13.8. The number of allylic oxidation sites excluding steroid dienone is 2. The van der Waals surface area contributed by atoms with Gasteiger partial charge in [0.2, 0.25) is 0 Å². The van der Waals surface area contributed by atoms with Crippen LogP contribution < -0.4 is 20.2 Å². The van der Waals surface area contributed by atoms with Gasteiger partial charge in [-0.2, -0.15) is 23.5 Å². The summed E-state index contributed by atoms with van der Waals surface area (Å²) in [5.74, 6) is 0.207. The second-order valence-corrected chi connectivity index (χ2v) is 13.7. The molecule has 1 heterocycles. The molecule has 0 spiro atoms. The molecule has 0 bridgehead atoms. The molecular weight excluding hydrogens is 372 g/mol. The maximum absolute atomic E-state index is 13.8. The average Bonchev–Trinajstić information content (AvgIpc) is 2.71. The second-order valence-electron chi connectivity index (χ2n) is 9.36. The zero-order valence-electron chi connectivity index (χ0n) is 18.6. The summed E-state index contributed by atoms with van der Waals surface area (Å²) in [6.07, 6.45) is 7.03. The minimum absolute atomic E-state index is 0.207. The molecular formula is C25H32N2OSi-. The topological polar surface area (TPSA) is 23.6 Å². The van der Waals surface area contributed by atoms with E-state index >= 15 is 0 Å². The molecule has 4 heteroatoms. The Morgan fingerprint density at radius 1 is 0.828 bits per heavy atom. The molecule has 0 aromatic heterocycles. The maximum Gasteiger partial charge on any atom is 0.188 e. The number of carbonyl (C=O) groups excluding carboxylic acids is 1.